The topological polar surface area (TPSA) is 20.2 Å². The molecule has 21 heavy (non-hydrogen) atoms. The van der Waals surface area contributed by atoms with Gasteiger partial charge in [0.1, 0.15) is 11.4 Å². The van der Waals surface area contributed by atoms with Crippen molar-refractivity contribution in [2.24, 2.45) is 11.3 Å². The zero-order chi connectivity index (χ0) is 14.5. The van der Waals surface area contributed by atoms with E-state index in [0.29, 0.717) is 11.8 Å². The molecule has 4 atom stereocenters. The molecule has 1 aromatic carbocycles. The van der Waals surface area contributed by atoms with Crippen molar-refractivity contribution in [3.05, 3.63) is 34.9 Å². The fourth-order valence-electron chi connectivity index (χ4n) is 4.34. The molecule has 2 aliphatic carbocycles. The summed E-state index contributed by atoms with van der Waals surface area (Å²) in [5.74, 6) is 1.91. The van der Waals surface area contributed by atoms with Crippen LogP contribution in [0.1, 0.15) is 37.7 Å². The molecule has 0 aromatic heterocycles. The first-order valence-corrected chi connectivity index (χ1v) is 10.00. The summed E-state index contributed by atoms with van der Waals surface area (Å²) >= 11 is 5.99. The quantitative estimate of drug-likeness (QED) is 0.548. The molecule has 0 aliphatic heterocycles. The molecule has 1 spiro atoms. The van der Waals surface area contributed by atoms with E-state index in [2.05, 4.69) is 31.6 Å². The first kappa shape index (κ1) is 17.9. The minimum Gasteiger partial charge on any atom is -1.00 e. The summed E-state index contributed by atoms with van der Waals surface area (Å²) in [4.78, 5) is 0. The maximum atomic E-state index is 11.4. The average Bonchev–Trinajstić information content (AvgIpc) is 3.07. The van der Waals surface area contributed by atoms with Crippen molar-refractivity contribution in [1.29, 1.82) is 0 Å². The van der Waals surface area contributed by atoms with Crippen LogP contribution >= 0.6 is 11.6 Å². The molecule has 118 valence electrons. The van der Waals surface area contributed by atoms with E-state index in [1.807, 2.05) is 12.1 Å². The van der Waals surface area contributed by atoms with Gasteiger partial charge in [-0.2, -0.15) is 0 Å². The fourth-order valence-corrected chi connectivity index (χ4v) is 5.92. The molecule has 0 radical (unpaired) electrons. The second-order valence-electron chi connectivity index (χ2n) is 6.96. The zero-order valence-corrected chi connectivity index (χ0v) is 16.6. The molecule has 0 amide bonds. The van der Waals surface area contributed by atoms with Crippen molar-refractivity contribution in [2.75, 3.05) is 18.3 Å². The molecule has 1 N–H and O–H groups in total. The Balaban J connectivity index is 0.00000161. The van der Waals surface area contributed by atoms with Crippen LogP contribution in [0.5, 0.6) is 0 Å². The maximum absolute atomic E-state index is 11.4. The summed E-state index contributed by atoms with van der Waals surface area (Å²) in [5, 5.41) is 12.2. The lowest BCUT2D eigenvalue weighted by molar-refractivity contribution is -0.0229. The number of halogens is 2. The first-order valence-electron chi connectivity index (χ1n) is 7.41. The third kappa shape index (κ3) is 2.88. The van der Waals surface area contributed by atoms with Crippen LogP contribution < -0.4 is 24.0 Å². The van der Waals surface area contributed by atoms with Gasteiger partial charge in [0.05, 0.1) is 12.5 Å². The normalized spacial score (nSPS) is 37.8. The SMILES string of the molecule is CC1CCC2(CC2c2ccc(Cl)cc2)C1(O)C[S+](C)C.[I-]. The molecule has 2 fully saturated rings. The van der Waals surface area contributed by atoms with Gasteiger partial charge in [-0.05, 0) is 59.7 Å². The van der Waals surface area contributed by atoms with Crippen molar-refractivity contribution >= 4 is 22.5 Å². The van der Waals surface area contributed by atoms with Crippen LogP contribution in [0.15, 0.2) is 24.3 Å². The molecule has 4 unspecified atom stereocenters. The Morgan fingerprint density at radius 2 is 1.90 bits per heavy atom. The maximum Gasteiger partial charge on any atom is 0.137 e. The smallest absolute Gasteiger partial charge is 0.137 e. The number of hydrogen-bond donors (Lipinski definition) is 1. The van der Waals surface area contributed by atoms with Gasteiger partial charge in [-0.25, -0.2) is 0 Å². The summed E-state index contributed by atoms with van der Waals surface area (Å²) in [6, 6.07) is 8.24. The Hall–Kier alpha value is 0.550. The van der Waals surface area contributed by atoms with Crippen molar-refractivity contribution in [3.8, 4) is 0 Å². The van der Waals surface area contributed by atoms with Gasteiger partial charge in [-0.15, -0.1) is 0 Å². The van der Waals surface area contributed by atoms with Crippen molar-refractivity contribution in [2.45, 2.75) is 37.7 Å². The van der Waals surface area contributed by atoms with E-state index in [1.54, 1.807) is 0 Å². The van der Waals surface area contributed by atoms with Crippen molar-refractivity contribution < 1.29 is 29.1 Å². The average molecular weight is 439 g/mol. The van der Waals surface area contributed by atoms with E-state index in [1.165, 1.54) is 12.0 Å². The summed E-state index contributed by atoms with van der Waals surface area (Å²) in [5.41, 5.74) is 1.02. The van der Waals surface area contributed by atoms with Crippen LogP contribution in [-0.2, 0) is 10.9 Å². The van der Waals surface area contributed by atoms with Crippen LogP contribution in [0.25, 0.3) is 0 Å². The van der Waals surface area contributed by atoms with E-state index in [9.17, 15) is 5.11 Å². The van der Waals surface area contributed by atoms with Gasteiger partial charge in [0.2, 0.25) is 0 Å². The van der Waals surface area contributed by atoms with Crippen molar-refractivity contribution in [1.82, 2.24) is 0 Å². The van der Waals surface area contributed by atoms with Gasteiger partial charge in [-0.3, -0.25) is 0 Å². The Morgan fingerprint density at radius 3 is 2.48 bits per heavy atom. The summed E-state index contributed by atoms with van der Waals surface area (Å²) < 4.78 is 0. The van der Waals surface area contributed by atoms with E-state index in [0.717, 1.165) is 23.6 Å². The second kappa shape index (κ2) is 6.21. The fraction of sp³-hybridized carbons (Fsp3) is 0.647. The highest BCUT2D eigenvalue weighted by atomic mass is 127. The zero-order valence-electron chi connectivity index (χ0n) is 12.9. The van der Waals surface area contributed by atoms with E-state index in [4.69, 9.17) is 11.6 Å². The van der Waals surface area contributed by atoms with Gasteiger partial charge in [-0.1, -0.05) is 30.7 Å². The minimum absolute atomic E-state index is 0. The monoisotopic (exact) mass is 438 g/mol. The third-order valence-electron chi connectivity index (χ3n) is 5.56. The Bertz CT molecular complexity index is 506. The molecule has 2 aliphatic rings. The highest BCUT2D eigenvalue weighted by molar-refractivity contribution is 7.95. The lowest BCUT2D eigenvalue weighted by Crippen LogP contribution is -3.00. The van der Waals surface area contributed by atoms with Gasteiger partial charge < -0.3 is 29.1 Å². The largest absolute Gasteiger partial charge is 1.00 e. The highest BCUT2D eigenvalue weighted by Gasteiger charge is 2.72. The number of rotatable bonds is 3. The van der Waals surface area contributed by atoms with E-state index < -0.39 is 5.60 Å². The Morgan fingerprint density at radius 1 is 1.29 bits per heavy atom. The Labute approximate surface area is 153 Å². The molecule has 3 rings (SSSR count). The number of benzene rings is 1. The minimum atomic E-state index is -0.468. The number of hydrogen-bond acceptors (Lipinski definition) is 1. The van der Waals surface area contributed by atoms with Crippen LogP contribution in [0.4, 0.5) is 0 Å². The molecule has 1 nitrogen and oxygen atoms in total. The summed E-state index contributed by atoms with van der Waals surface area (Å²) in [7, 11) is 0.282. The third-order valence-corrected chi connectivity index (χ3v) is 6.83. The molecule has 0 saturated heterocycles. The highest BCUT2D eigenvalue weighted by Crippen LogP contribution is 2.73. The standard InChI is InChI=1S/C17H24ClOS.HI/c1-12-8-9-16(17(12,19)11-20(2)3)10-15(16)13-4-6-14(18)7-5-13;/h4-7,12,15,19H,8-11H2,1-3H3;1H/q+1;/p-1. The van der Waals surface area contributed by atoms with E-state index in [-0.39, 0.29) is 40.3 Å². The summed E-state index contributed by atoms with van der Waals surface area (Å²) in [6.45, 7) is 2.23. The lowest BCUT2D eigenvalue weighted by atomic mass is 9.81. The predicted molar refractivity (Wildman–Crippen MR) is 88.7 cm³/mol. The van der Waals surface area contributed by atoms with Crippen LogP contribution in [0.2, 0.25) is 5.02 Å². The Kier molecular flexibility index (Phi) is 5.30. The molecule has 0 heterocycles. The van der Waals surface area contributed by atoms with Crippen LogP contribution in [0.3, 0.4) is 0 Å². The first-order chi connectivity index (χ1) is 9.39. The van der Waals surface area contributed by atoms with Gasteiger partial charge in [0, 0.05) is 10.4 Å². The molecular formula is C17H24ClIOS. The molecule has 4 heteroatoms. The van der Waals surface area contributed by atoms with Gasteiger partial charge >= 0.3 is 0 Å². The van der Waals surface area contributed by atoms with Crippen molar-refractivity contribution in [3.63, 3.8) is 0 Å². The predicted octanol–water partition coefficient (Wildman–Crippen LogP) is 0.857. The van der Waals surface area contributed by atoms with Gasteiger partial charge in [0.15, 0.2) is 0 Å². The lowest BCUT2D eigenvalue weighted by Gasteiger charge is -2.33. The van der Waals surface area contributed by atoms with E-state index >= 15 is 0 Å². The second-order valence-corrected chi connectivity index (χ2v) is 9.65. The van der Waals surface area contributed by atoms with Crippen LogP contribution in [-0.4, -0.2) is 29.0 Å². The number of aliphatic hydroxyl groups is 1. The van der Waals surface area contributed by atoms with Crippen LogP contribution in [0, 0.1) is 11.3 Å². The molecule has 0 bridgehead atoms. The molecule has 2 saturated carbocycles. The van der Waals surface area contributed by atoms with Gasteiger partial charge in [0.25, 0.3) is 0 Å². The molecule has 1 aromatic rings. The molecular weight excluding hydrogens is 415 g/mol. The summed E-state index contributed by atoms with van der Waals surface area (Å²) in [6.07, 6.45) is 7.98.